The van der Waals surface area contributed by atoms with E-state index < -0.39 is 0 Å². The van der Waals surface area contributed by atoms with Gasteiger partial charge in [0, 0.05) is 7.11 Å². The Morgan fingerprint density at radius 3 is 2.95 bits per heavy atom. The Morgan fingerprint density at radius 1 is 1.52 bits per heavy atom. The van der Waals surface area contributed by atoms with Crippen LogP contribution in [0.5, 0.6) is 0 Å². The molecule has 1 N–H and O–H groups in total. The maximum atomic E-state index is 13.8. The summed E-state index contributed by atoms with van der Waals surface area (Å²) in [5.41, 5.74) is 1.54. The molecule has 0 aliphatic rings. The van der Waals surface area contributed by atoms with Gasteiger partial charge in [-0.1, -0.05) is 23.7 Å². The highest BCUT2D eigenvalue weighted by Gasteiger charge is 2.23. The van der Waals surface area contributed by atoms with E-state index in [4.69, 9.17) is 16.3 Å². The Balaban J connectivity index is 2.46. The van der Waals surface area contributed by atoms with Crippen LogP contribution in [0, 0.1) is 5.82 Å². The molecule has 1 atom stereocenters. The first-order valence-corrected chi connectivity index (χ1v) is 7.58. The molecule has 0 amide bonds. The molecule has 0 fully saturated rings. The van der Waals surface area contributed by atoms with Crippen LogP contribution in [-0.4, -0.2) is 30.5 Å². The second-order valence-electron chi connectivity index (χ2n) is 4.46. The summed E-state index contributed by atoms with van der Waals surface area (Å²) in [6.45, 7) is 1.09. The molecule has 4 nitrogen and oxygen atoms in total. The zero-order valence-electron chi connectivity index (χ0n) is 11.7. The zero-order valence-corrected chi connectivity index (χ0v) is 14.1. The molecule has 0 bridgehead atoms. The second kappa shape index (κ2) is 7.35. The largest absolute Gasteiger partial charge is 0.383 e. The molecule has 0 aliphatic heterocycles. The topological polar surface area (TPSA) is 39.1 Å². The summed E-state index contributed by atoms with van der Waals surface area (Å²) in [5, 5.41) is 7.95. The van der Waals surface area contributed by atoms with Crippen molar-refractivity contribution in [2.24, 2.45) is 0 Å². The lowest BCUT2D eigenvalue weighted by Gasteiger charge is -2.20. The van der Waals surface area contributed by atoms with Crippen LogP contribution in [0.25, 0.3) is 0 Å². The number of halogens is 3. The van der Waals surface area contributed by atoms with Crippen molar-refractivity contribution in [3.05, 3.63) is 51.0 Å². The van der Waals surface area contributed by atoms with Gasteiger partial charge in [0.2, 0.25) is 0 Å². The summed E-state index contributed by atoms with van der Waals surface area (Å²) < 4.78 is 21.0. The highest BCUT2D eigenvalue weighted by molar-refractivity contribution is 9.10. The second-order valence-corrected chi connectivity index (χ2v) is 5.66. The number of methoxy groups -OCH3 is 1. The minimum absolute atomic E-state index is 0.276. The Labute approximate surface area is 136 Å². The van der Waals surface area contributed by atoms with Crippen LogP contribution in [0.4, 0.5) is 4.39 Å². The summed E-state index contributed by atoms with van der Waals surface area (Å²) >= 11 is 9.56. The molecule has 0 aliphatic carbocycles. The maximum Gasteiger partial charge on any atom is 0.137 e. The van der Waals surface area contributed by atoms with E-state index in [1.165, 1.54) is 6.07 Å². The van der Waals surface area contributed by atoms with E-state index in [-0.39, 0.29) is 11.9 Å². The fourth-order valence-electron chi connectivity index (χ4n) is 2.20. The molecule has 1 heterocycles. The number of hydrogen-bond donors (Lipinski definition) is 1. The van der Waals surface area contributed by atoms with Gasteiger partial charge in [-0.15, -0.1) is 0 Å². The predicted octanol–water partition coefficient (Wildman–Crippen LogP) is 3.39. The summed E-state index contributed by atoms with van der Waals surface area (Å²) in [5.74, 6) is -0.313. The third-order valence-electron chi connectivity index (χ3n) is 3.20. The van der Waals surface area contributed by atoms with Gasteiger partial charge in [0.1, 0.15) is 5.82 Å². The van der Waals surface area contributed by atoms with Crippen LogP contribution in [0.15, 0.2) is 28.9 Å². The fourth-order valence-corrected chi connectivity index (χ4v) is 2.94. The molecule has 7 heteroatoms. The lowest BCUT2D eigenvalue weighted by atomic mass is 10.0. The summed E-state index contributed by atoms with van der Waals surface area (Å²) in [7, 11) is 3.43. The van der Waals surface area contributed by atoms with Crippen LogP contribution in [0.3, 0.4) is 0 Å². The number of rotatable bonds is 6. The van der Waals surface area contributed by atoms with Crippen LogP contribution >= 0.6 is 27.5 Å². The summed E-state index contributed by atoms with van der Waals surface area (Å²) in [6.07, 6.45) is 1.59. The number of nitrogens with zero attached hydrogens (tertiary/aromatic N) is 2. The monoisotopic (exact) mass is 375 g/mol. The van der Waals surface area contributed by atoms with E-state index in [1.807, 2.05) is 6.07 Å². The fraction of sp³-hybridized carbons (Fsp3) is 0.357. The normalized spacial score (nSPS) is 12.6. The van der Waals surface area contributed by atoms with Crippen molar-refractivity contribution in [3.63, 3.8) is 0 Å². The van der Waals surface area contributed by atoms with Crippen molar-refractivity contribution in [2.75, 3.05) is 20.8 Å². The Kier molecular flexibility index (Phi) is 5.75. The number of hydrogen-bond acceptors (Lipinski definition) is 3. The number of ether oxygens (including phenoxy) is 1. The van der Waals surface area contributed by atoms with Crippen molar-refractivity contribution in [3.8, 4) is 0 Å². The molecular formula is C14H16BrClFN3O. The smallest absolute Gasteiger partial charge is 0.137 e. The molecule has 114 valence electrons. The van der Waals surface area contributed by atoms with Crippen molar-refractivity contribution in [2.45, 2.75) is 12.6 Å². The van der Waals surface area contributed by atoms with Gasteiger partial charge in [-0.3, -0.25) is 4.68 Å². The Hall–Kier alpha value is -0.950. The minimum Gasteiger partial charge on any atom is -0.383 e. The Morgan fingerprint density at radius 2 is 2.29 bits per heavy atom. The summed E-state index contributed by atoms with van der Waals surface area (Å²) in [4.78, 5) is 0. The average molecular weight is 377 g/mol. The summed E-state index contributed by atoms with van der Waals surface area (Å²) in [6, 6.07) is 4.65. The lowest BCUT2D eigenvalue weighted by Crippen LogP contribution is -2.23. The van der Waals surface area contributed by atoms with E-state index >= 15 is 0 Å². The quantitative estimate of drug-likeness (QED) is 0.840. The van der Waals surface area contributed by atoms with Gasteiger partial charge < -0.3 is 10.1 Å². The third-order valence-corrected chi connectivity index (χ3v) is 4.32. The average Bonchev–Trinajstić information content (AvgIpc) is 2.83. The highest BCUT2D eigenvalue weighted by atomic mass is 79.9. The first kappa shape index (κ1) is 16.4. The Bertz CT molecular complexity index is 620. The molecule has 2 aromatic rings. The van der Waals surface area contributed by atoms with E-state index in [2.05, 4.69) is 26.3 Å². The van der Waals surface area contributed by atoms with E-state index in [0.717, 1.165) is 11.3 Å². The SMILES string of the molecule is CNC(c1cccc(F)c1Br)c1c(Cl)cnn1CCOC. The number of aromatic nitrogens is 2. The van der Waals surface area contributed by atoms with Gasteiger partial charge in [0.25, 0.3) is 0 Å². The third kappa shape index (κ3) is 3.45. The molecule has 0 saturated heterocycles. The van der Waals surface area contributed by atoms with Crippen LogP contribution in [0.1, 0.15) is 17.3 Å². The predicted molar refractivity (Wildman–Crippen MR) is 84.1 cm³/mol. The first-order chi connectivity index (χ1) is 10.1. The molecule has 21 heavy (non-hydrogen) atoms. The standard InChI is InChI=1S/C14H16BrClFN3O/c1-18-13(9-4-3-5-11(17)12(9)15)14-10(16)8-19-20(14)6-7-21-2/h3-5,8,13,18H,6-7H2,1-2H3. The molecule has 0 saturated carbocycles. The minimum atomic E-state index is -0.313. The van der Waals surface area contributed by atoms with E-state index in [0.29, 0.717) is 22.6 Å². The highest BCUT2D eigenvalue weighted by Crippen LogP contribution is 2.33. The van der Waals surface area contributed by atoms with E-state index in [1.54, 1.807) is 31.1 Å². The molecule has 2 rings (SSSR count). The van der Waals surface area contributed by atoms with Gasteiger partial charge >= 0.3 is 0 Å². The van der Waals surface area contributed by atoms with E-state index in [9.17, 15) is 4.39 Å². The number of benzene rings is 1. The van der Waals surface area contributed by atoms with Crippen LogP contribution in [0.2, 0.25) is 5.02 Å². The van der Waals surface area contributed by atoms with Crippen LogP contribution < -0.4 is 5.32 Å². The lowest BCUT2D eigenvalue weighted by molar-refractivity contribution is 0.182. The van der Waals surface area contributed by atoms with Crippen molar-refractivity contribution in [1.82, 2.24) is 15.1 Å². The van der Waals surface area contributed by atoms with Gasteiger partial charge in [-0.05, 0) is 34.6 Å². The van der Waals surface area contributed by atoms with Gasteiger partial charge in [-0.2, -0.15) is 5.10 Å². The van der Waals surface area contributed by atoms with Crippen molar-refractivity contribution >= 4 is 27.5 Å². The van der Waals surface area contributed by atoms with Gasteiger partial charge in [0.15, 0.2) is 0 Å². The maximum absolute atomic E-state index is 13.8. The molecule has 0 spiro atoms. The molecule has 1 unspecified atom stereocenters. The van der Waals surface area contributed by atoms with Crippen molar-refractivity contribution < 1.29 is 9.13 Å². The first-order valence-electron chi connectivity index (χ1n) is 6.41. The molecule has 0 radical (unpaired) electrons. The van der Waals surface area contributed by atoms with Crippen LogP contribution in [-0.2, 0) is 11.3 Å². The molecule has 1 aromatic heterocycles. The molecular weight excluding hydrogens is 361 g/mol. The van der Waals surface area contributed by atoms with Crippen molar-refractivity contribution in [1.29, 1.82) is 0 Å². The van der Waals surface area contributed by atoms with Gasteiger partial charge in [-0.25, -0.2) is 4.39 Å². The zero-order chi connectivity index (χ0) is 15.4. The number of nitrogens with one attached hydrogen (secondary N) is 1. The van der Waals surface area contributed by atoms with Gasteiger partial charge in [0.05, 0.1) is 40.6 Å². The molecule has 1 aromatic carbocycles.